The molecule has 1 aromatic carbocycles. The molecule has 6 heteroatoms. The number of aromatic nitrogens is 2. The molecular weight excluding hydrogens is 342 g/mol. The summed E-state index contributed by atoms with van der Waals surface area (Å²) in [5.74, 6) is -1.07. The number of rotatable bonds is 6. The molecule has 1 aliphatic rings. The SMILES string of the molecule is CC(C)c1cc(C(=O)NC(CC2CCCc3ccccc32)C(=O)O)nn1C. The minimum absolute atomic E-state index is 0.145. The van der Waals surface area contributed by atoms with E-state index in [0.717, 1.165) is 25.0 Å². The number of carboxylic acid groups (broad SMARTS) is 1. The van der Waals surface area contributed by atoms with Crippen molar-refractivity contribution in [1.82, 2.24) is 15.1 Å². The number of carboxylic acids is 1. The number of carbonyl (C=O) groups excluding carboxylic acids is 1. The number of hydrogen-bond donors (Lipinski definition) is 2. The number of fused-ring (bicyclic) bond motifs is 1. The van der Waals surface area contributed by atoms with E-state index in [-0.39, 0.29) is 17.5 Å². The fraction of sp³-hybridized carbons (Fsp3) is 0.476. The monoisotopic (exact) mass is 369 g/mol. The fourth-order valence-electron chi connectivity index (χ4n) is 3.97. The van der Waals surface area contributed by atoms with Gasteiger partial charge in [-0.25, -0.2) is 4.79 Å². The Kier molecular flexibility index (Phi) is 5.63. The molecule has 2 atom stereocenters. The Morgan fingerprint density at radius 1 is 1.33 bits per heavy atom. The lowest BCUT2D eigenvalue weighted by atomic mass is 9.79. The van der Waals surface area contributed by atoms with Gasteiger partial charge in [-0.2, -0.15) is 5.10 Å². The molecule has 1 heterocycles. The number of hydrogen-bond acceptors (Lipinski definition) is 3. The summed E-state index contributed by atoms with van der Waals surface area (Å²) in [4.78, 5) is 24.4. The average molecular weight is 369 g/mol. The van der Waals surface area contributed by atoms with Gasteiger partial charge >= 0.3 is 5.97 Å². The molecule has 0 saturated heterocycles. The molecule has 0 radical (unpaired) electrons. The summed E-state index contributed by atoms with van der Waals surface area (Å²) in [6.07, 6.45) is 3.41. The molecule has 2 N–H and O–H groups in total. The highest BCUT2D eigenvalue weighted by molar-refractivity contribution is 5.95. The van der Waals surface area contributed by atoms with Crippen LogP contribution in [-0.2, 0) is 18.3 Å². The zero-order chi connectivity index (χ0) is 19.6. The largest absolute Gasteiger partial charge is 0.480 e. The van der Waals surface area contributed by atoms with E-state index >= 15 is 0 Å². The van der Waals surface area contributed by atoms with Crippen molar-refractivity contribution in [3.8, 4) is 0 Å². The topological polar surface area (TPSA) is 84.2 Å². The maximum absolute atomic E-state index is 12.6. The highest BCUT2D eigenvalue weighted by Crippen LogP contribution is 2.34. The second kappa shape index (κ2) is 7.94. The predicted octanol–water partition coefficient (Wildman–Crippen LogP) is 3.24. The summed E-state index contributed by atoms with van der Waals surface area (Å²) in [5, 5.41) is 16.6. The van der Waals surface area contributed by atoms with Crippen LogP contribution in [0.2, 0.25) is 0 Å². The molecule has 0 spiro atoms. The second-order valence-corrected chi connectivity index (χ2v) is 7.62. The first-order valence-electron chi connectivity index (χ1n) is 9.52. The van der Waals surface area contributed by atoms with Crippen molar-refractivity contribution in [1.29, 1.82) is 0 Å². The Hall–Kier alpha value is -2.63. The fourth-order valence-corrected chi connectivity index (χ4v) is 3.97. The summed E-state index contributed by atoms with van der Waals surface area (Å²) < 4.78 is 1.67. The van der Waals surface area contributed by atoms with Crippen LogP contribution >= 0.6 is 0 Å². The van der Waals surface area contributed by atoms with Crippen LogP contribution in [0.1, 0.15) is 72.3 Å². The lowest BCUT2D eigenvalue weighted by Gasteiger charge is -2.27. The number of nitrogens with one attached hydrogen (secondary N) is 1. The van der Waals surface area contributed by atoms with Crippen LogP contribution in [0.15, 0.2) is 30.3 Å². The van der Waals surface area contributed by atoms with E-state index in [1.165, 1.54) is 11.1 Å². The van der Waals surface area contributed by atoms with E-state index in [4.69, 9.17) is 0 Å². The Morgan fingerprint density at radius 2 is 2.07 bits per heavy atom. The third-order valence-electron chi connectivity index (χ3n) is 5.36. The van der Waals surface area contributed by atoms with Crippen LogP contribution in [0.3, 0.4) is 0 Å². The van der Waals surface area contributed by atoms with Crippen LogP contribution in [-0.4, -0.2) is 32.8 Å². The first kappa shape index (κ1) is 19.1. The molecule has 0 bridgehead atoms. The van der Waals surface area contributed by atoms with Crippen LogP contribution in [0.25, 0.3) is 0 Å². The molecule has 0 fully saturated rings. The quantitative estimate of drug-likeness (QED) is 0.819. The number of amides is 1. The maximum atomic E-state index is 12.6. The number of carbonyl (C=O) groups is 2. The summed E-state index contributed by atoms with van der Waals surface area (Å²) in [6, 6.07) is 9.00. The molecule has 2 unspecified atom stereocenters. The molecule has 1 amide bonds. The third kappa shape index (κ3) is 4.21. The molecular formula is C21H27N3O3. The van der Waals surface area contributed by atoms with Gasteiger partial charge in [0.1, 0.15) is 11.7 Å². The van der Waals surface area contributed by atoms with E-state index in [1.54, 1.807) is 17.8 Å². The number of nitrogens with zero attached hydrogens (tertiary/aromatic N) is 2. The van der Waals surface area contributed by atoms with E-state index in [2.05, 4.69) is 22.5 Å². The Labute approximate surface area is 159 Å². The van der Waals surface area contributed by atoms with Crippen molar-refractivity contribution >= 4 is 11.9 Å². The predicted molar refractivity (Wildman–Crippen MR) is 103 cm³/mol. The van der Waals surface area contributed by atoms with Gasteiger partial charge in [-0.15, -0.1) is 0 Å². The van der Waals surface area contributed by atoms with Crippen LogP contribution in [0.5, 0.6) is 0 Å². The van der Waals surface area contributed by atoms with Crippen molar-refractivity contribution < 1.29 is 14.7 Å². The summed E-state index contributed by atoms with van der Waals surface area (Å²) in [7, 11) is 1.79. The zero-order valence-electron chi connectivity index (χ0n) is 16.1. The lowest BCUT2D eigenvalue weighted by molar-refractivity contribution is -0.139. The van der Waals surface area contributed by atoms with Gasteiger partial charge in [0, 0.05) is 12.7 Å². The van der Waals surface area contributed by atoms with Gasteiger partial charge in [-0.3, -0.25) is 9.48 Å². The molecule has 0 aliphatic heterocycles. The first-order valence-corrected chi connectivity index (χ1v) is 9.52. The number of aryl methyl sites for hydroxylation is 2. The summed E-state index contributed by atoms with van der Waals surface area (Å²) >= 11 is 0. The van der Waals surface area contributed by atoms with Crippen molar-refractivity contribution in [3.63, 3.8) is 0 Å². The van der Waals surface area contributed by atoms with Crippen LogP contribution < -0.4 is 5.32 Å². The van der Waals surface area contributed by atoms with Gasteiger partial charge in [0.25, 0.3) is 5.91 Å². The minimum atomic E-state index is -1.01. The highest BCUT2D eigenvalue weighted by Gasteiger charge is 2.29. The average Bonchev–Trinajstić information content (AvgIpc) is 3.03. The van der Waals surface area contributed by atoms with Gasteiger partial charge in [0.05, 0.1) is 0 Å². The minimum Gasteiger partial charge on any atom is -0.480 e. The van der Waals surface area contributed by atoms with Crippen LogP contribution in [0, 0.1) is 0 Å². The maximum Gasteiger partial charge on any atom is 0.326 e. The van der Waals surface area contributed by atoms with Crippen molar-refractivity contribution in [2.24, 2.45) is 7.05 Å². The molecule has 2 aromatic rings. The second-order valence-electron chi connectivity index (χ2n) is 7.62. The van der Waals surface area contributed by atoms with Crippen molar-refractivity contribution in [3.05, 3.63) is 52.8 Å². The first-order chi connectivity index (χ1) is 12.9. The summed E-state index contributed by atoms with van der Waals surface area (Å²) in [5.41, 5.74) is 3.70. The molecule has 0 saturated carbocycles. The Morgan fingerprint density at radius 3 is 2.74 bits per heavy atom. The highest BCUT2D eigenvalue weighted by atomic mass is 16.4. The van der Waals surface area contributed by atoms with Gasteiger partial charge in [0.2, 0.25) is 0 Å². The van der Waals surface area contributed by atoms with Crippen LogP contribution in [0.4, 0.5) is 0 Å². The van der Waals surface area contributed by atoms with E-state index < -0.39 is 17.9 Å². The zero-order valence-corrected chi connectivity index (χ0v) is 16.1. The molecule has 1 aromatic heterocycles. The molecule has 144 valence electrons. The standard InChI is InChI=1S/C21H27N3O3/c1-13(2)19-12-17(23-24(19)3)20(25)22-18(21(26)27)11-15-9-6-8-14-7-4-5-10-16(14)15/h4-5,7,10,12-13,15,18H,6,8-9,11H2,1-3H3,(H,22,25)(H,26,27). The normalized spacial score (nSPS) is 17.4. The van der Waals surface area contributed by atoms with Crippen molar-refractivity contribution in [2.45, 2.75) is 57.4 Å². The molecule has 6 nitrogen and oxygen atoms in total. The third-order valence-corrected chi connectivity index (χ3v) is 5.36. The van der Waals surface area contributed by atoms with Gasteiger partial charge in [-0.05, 0) is 54.7 Å². The van der Waals surface area contributed by atoms with E-state index in [9.17, 15) is 14.7 Å². The molecule has 1 aliphatic carbocycles. The van der Waals surface area contributed by atoms with E-state index in [0.29, 0.717) is 6.42 Å². The lowest BCUT2D eigenvalue weighted by Crippen LogP contribution is -2.42. The van der Waals surface area contributed by atoms with Gasteiger partial charge in [-0.1, -0.05) is 38.1 Å². The molecule has 27 heavy (non-hydrogen) atoms. The smallest absolute Gasteiger partial charge is 0.326 e. The Bertz CT molecular complexity index is 841. The van der Waals surface area contributed by atoms with Crippen molar-refractivity contribution in [2.75, 3.05) is 0 Å². The summed E-state index contributed by atoms with van der Waals surface area (Å²) in [6.45, 7) is 4.05. The number of aliphatic carboxylic acids is 1. The molecule has 3 rings (SSSR count). The van der Waals surface area contributed by atoms with Gasteiger partial charge < -0.3 is 10.4 Å². The van der Waals surface area contributed by atoms with E-state index in [1.807, 2.05) is 26.0 Å². The Balaban J connectivity index is 1.74. The van der Waals surface area contributed by atoms with Gasteiger partial charge in [0.15, 0.2) is 0 Å². The number of benzene rings is 1.